The quantitative estimate of drug-likeness (QED) is 0.218. The first-order valence-corrected chi connectivity index (χ1v) is 11.8. The van der Waals surface area contributed by atoms with Crippen LogP contribution in [0.3, 0.4) is 0 Å². The van der Waals surface area contributed by atoms with E-state index >= 15 is 0 Å². The molecule has 0 aliphatic carbocycles. The molecule has 0 atom stereocenters. The Labute approximate surface area is 210 Å². The van der Waals surface area contributed by atoms with Crippen LogP contribution in [0.5, 0.6) is 11.5 Å². The Morgan fingerprint density at radius 2 is 1.76 bits per heavy atom. The SMILES string of the molecule is CCOc1cc(CNCCc2c[nH]c3ccccc23)cc(Br)c1OCc1ccc(C)cc1.Cl. The third-order valence-electron chi connectivity index (χ3n) is 5.45. The average Bonchev–Trinajstić information content (AvgIpc) is 3.21. The number of hydrogen-bond donors (Lipinski definition) is 2. The van der Waals surface area contributed by atoms with Crippen molar-refractivity contribution in [2.24, 2.45) is 0 Å². The molecule has 33 heavy (non-hydrogen) atoms. The number of rotatable bonds is 10. The molecular formula is C27H30BrClN2O2. The number of benzene rings is 3. The van der Waals surface area contributed by atoms with Gasteiger partial charge in [0.25, 0.3) is 0 Å². The summed E-state index contributed by atoms with van der Waals surface area (Å²) in [5, 5.41) is 4.85. The predicted molar refractivity (Wildman–Crippen MR) is 142 cm³/mol. The molecule has 0 unspecified atom stereocenters. The molecule has 4 aromatic rings. The van der Waals surface area contributed by atoms with Crippen LogP contribution in [0.2, 0.25) is 0 Å². The molecule has 3 aromatic carbocycles. The van der Waals surface area contributed by atoms with Crippen LogP contribution in [-0.4, -0.2) is 18.1 Å². The zero-order chi connectivity index (χ0) is 22.3. The number of halogens is 2. The normalized spacial score (nSPS) is 10.8. The van der Waals surface area contributed by atoms with E-state index in [1.54, 1.807) is 0 Å². The summed E-state index contributed by atoms with van der Waals surface area (Å²) in [4.78, 5) is 3.34. The van der Waals surface area contributed by atoms with Crippen LogP contribution in [0.15, 0.2) is 71.3 Å². The van der Waals surface area contributed by atoms with Crippen molar-refractivity contribution in [3.8, 4) is 11.5 Å². The largest absolute Gasteiger partial charge is 0.490 e. The molecule has 6 heteroatoms. The monoisotopic (exact) mass is 528 g/mol. The van der Waals surface area contributed by atoms with E-state index in [2.05, 4.69) is 100 Å². The van der Waals surface area contributed by atoms with Crippen molar-refractivity contribution in [3.63, 3.8) is 0 Å². The van der Waals surface area contributed by atoms with Crippen molar-refractivity contribution < 1.29 is 9.47 Å². The minimum Gasteiger partial charge on any atom is -0.490 e. The van der Waals surface area contributed by atoms with Crippen molar-refractivity contribution in [1.82, 2.24) is 10.3 Å². The summed E-state index contributed by atoms with van der Waals surface area (Å²) in [5.41, 5.74) is 6.06. The van der Waals surface area contributed by atoms with E-state index in [-0.39, 0.29) is 12.4 Å². The lowest BCUT2D eigenvalue weighted by molar-refractivity contribution is 0.267. The molecule has 1 aromatic heterocycles. The fraction of sp³-hybridized carbons (Fsp3) is 0.259. The maximum atomic E-state index is 6.12. The first kappa shape index (κ1) is 25.2. The van der Waals surface area contributed by atoms with E-state index in [1.165, 1.54) is 22.0 Å². The number of aromatic amines is 1. The summed E-state index contributed by atoms with van der Waals surface area (Å²) in [7, 11) is 0. The molecule has 0 aliphatic rings. The third kappa shape index (κ3) is 6.53. The van der Waals surface area contributed by atoms with Crippen LogP contribution < -0.4 is 14.8 Å². The third-order valence-corrected chi connectivity index (χ3v) is 6.04. The van der Waals surface area contributed by atoms with Crippen molar-refractivity contribution in [2.75, 3.05) is 13.2 Å². The van der Waals surface area contributed by atoms with E-state index in [0.717, 1.165) is 46.6 Å². The Morgan fingerprint density at radius 1 is 0.970 bits per heavy atom. The standard InChI is InChI=1S/C27H29BrN2O2.ClH/c1-3-31-26-15-21(14-24(28)27(26)32-18-20-10-8-19(2)9-11-20)16-29-13-12-22-17-30-25-7-5-4-6-23(22)25;/h4-11,14-15,17,29-30H,3,12-13,16,18H2,1-2H3;1H. The van der Waals surface area contributed by atoms with Crippen molar-refractivity contribution in [3.05, 3.63) is 93.6 Å². The molecule has 4 rings (SSSR count). The minimum atomic E-state index is 0. The van der Waals surface area contributed by atoms with Gasteiger partial charge < -0.3 is 19.8 Å². The van der Waals surface area contributed by atoms with Crippen LogP contribution in [0.25, 0.3) is 10.9 Å². The number of nitrogens with one attached hydrogen (secondary N) is 2. The average molecular weight is 530 g/mol. The Balaban J connectivity index is 0.00000306. The second-order valence-corrected chi connectivity index (χ2v) is 8.75. The van der Waals surface area contributed by atoms with E-state index in [4.69, 9.17) is 9.47 Å². The lowest BCUT2D eigenvalue weighted by atomic mass is 10.1. The second-order valence-electron chi connectivity index (χ2n) is 7.90. The highest BCUT2D eigenvalue weighted by atomic mass is 79.9. The van der Waals surface area contributed by atoms with Crippen molar-refractivity contribution in [1.29, 1.82) is 0 Å². The molecule has 4 nitrogen and oxygen atoms in total. The molecule has 2 N–H and O–H groups in total. The first-order valence-electron chi connectivity index (χ1n) is 11.0. The van der Waals surface area contributed by atoms with E-state index < -0.39 is 0 Å². The molecule has 0 aliphatic heterocycles. The van der Waals surface area contributed by atoms with E-state index in [9.17, 15) is 0 Å². The van der Waals surface area contributed by atoms with Crippen molar-refractivity contribution >= 4 is 39.2 Å². The molecule has 0 radical (unpaired) electrons. The summed E-state index contributed by atoms with van der Waals surface area (Å²) in [6.07, 6.45) is 3.08. The first-order chi connectivity index (χ1) is 15.6. The van der Waals surface area contributed by atoms with Gasteiger partial charge in [0, 0.05) is 23.6 Å². The highest BCUT2D eigenvalue weighted by Crippen LogP contribution is 2.37. The molecule has 174 valence electrons. The Morgan fingerprint density at radius 3 is 2.55 bits per heavy atom. The lowest BCUT2D eigenvalue weighted by Crippen LogP contribution is -2.16. The molecule has 0 saturated heterocycles. The number of hydrogen-bond acceptors (Lipinski definition) is 3. The van der Waals surface area contributed by atoms with Gasteiger partial charge in [0.15, 0.2) is 11.5 Å². The highest BCUT2D eigenvalue weighted by molar-refractivity contribution is 9.10. The predicted octanol–water partition coefficient (Wildman–Crippen LogP) is 6.97. The van der Waals surface area contributed by atoms with Gasteiger partial charge in [-0.2, -0.15) is 0 Å². The van der Waals surface area contributed by atoms with Crippen molar-refractivity contribution in [2.45, 2.75) is 33.4 Å². The van der Waals surface area contributed by atoms with Gasteiger partial charge in [-0.3, -0.25) is 0 Å². The summed E-state index contributed by atoms with van der Waals surface area (Å²) in [5.74, 6) is 1.51. The molecule has 0 spiro atoms. The van der Waals surface area contributed by atoms with E-state index in [0.29, 0.717) is 13.2 Å². The Bertz CT molecular complexity index is 1170. The number of para-hydroxylation sites is 1. The van der Waals surface area contributed by atoms with Gasteiger partial charge in [0.2, 0.25) is 0 Å². The van der Waals surface area contributed by atoms with Gasteiger partial charge in [0.05, 0.1) is 11.1 Å². The molecule has 0 fully saturated rings. The van der Waals surface area contributed by atoms with Gasteiger partial charge in [-0.25, -0.2) is 0 Å². The summed E-state index contributed by atoms with van der Waals surface area (Å²) in [6.45, 7) is 6.83. The number of ether oxygens (including phenoxy) is 2. The molecule has 0 saturated carbocycles. The zero-order valence-electron chi connectivity index (χ0n) is 19.0. The smallest absolute Gasteiger partial charge is 0.175 e. The van der Waals surface area contributed by atoms with Crippen LogP contribution >= 0.6 is 28.3 Å². The van der Waals surface area contributed by atoms with Crippen LogP contribution in [-0.2, 0) is 19.6 Å². The number of aromatic nitrogens is 1. The maximum Gasteiger partial charge on any atom is 0.175 e. The Hall–Kier alpha value is -2.47. The molecule has 1 heterocycles. The van der Waals surface area contributed by atoms with Gasteiger partial charge in [-0.1, -0.05) is 48.0 Å². The zero-order valence-corrected chi connectivity index (χ0v) is 21.4. The minimum absolute atomic E-state index is 0. The van der Waals surface area contributed by atoms with Gasteiger partial charge >= 0.3 is 0 Å². The maximum absolute atomic E-state index is 6.12. The fourth-order valence-corrected chi connectivity index (χ4v) is 4.36. The lowest BCUT2D eigenvalue weighted by Gasteiger charge is -2.16. The Kier molecular flexibility index (Phi) is 9.24. The summed E-state index contributed by atoms with van der Waals surface area (Å²) in [6, 6.07) is 21.0. The topological polar surface area (TPSA) is 46.3 Å². The molecular weight excluding hydrogens is 500 g/mol. The molecule has 0 bridgehead atoms. The number of aryl methyl sites for hydroxylation is 1. The van der Waals surface area contributed by atoms with Gasteiger partial charge in [-0.15, -0.1) is 12.4 Å². The highest BCUT2D eigenvalue weighted by Gasteiger charge is 2.13. The summed E-state index contributed by atoms with van der Waals surface area (Å²) >= 11 is 3.68. The van der Waals surface area contributed by atoms with Crippen LogP contribution in [0.1, 0.15) is 29.2 Å². The van der Waals surface area contributed by atoms with Gasteiger partial charge in [0.1, 0.15) is 6.61 Å². The van der Waals surface area contributed by atoms with Crippen LogP contribution in [0, 0.1) is 6.92 Å². The van der Waals surface area contributed by atoms with Crippen LogP contribution in [0.4, 0.5) is 0 Å². The summed E-state index contributed by atoms with van der Waals surface area (Å²) < 4.78 is 12.9. The van der Waals surface area contributed by atoms with E-state index in [1.807, 2.05) is 6.92 Å². The van der Waals surface area contributed by atoms with Gasteiger partial charge in [-0.05, 0) is 77.6 Å². The number of H-pyrrole nitrogens is 1. The second kappa shape index (κ2) is 12.1. The number of fused-ring (bicyclic) bond motifs is 1. The molecule has 0 amide bonds. The fourth-order valence-electron chi connectivity index (χ4n) is 3.76.